The van der Waals surface area contributed by atoms with Gasteiger partial charge < -0.3 is 4.74 Å². The first kappa shape index (κ1) is 17.2. The van der Waals surface area contributed by atoms with Gasteiger partial charge in [0, 0.05) is 27.8 Å². The van der Waals surface area contributed by atoms with E-state index in [0.717, 1.165) is 15.7 Å². The lowest BCUT2D eigenvalue weighted by Gasteiger charge is -2.04. The minimum Gasteiger partial charge on any atom is -0.452 e. The third kappa shape index (κ3) is 4.71. The number of esters is 1. The van der Waals surface area contributed by atoms with Gasteiger partial charge in [0.05, 0.1) is 11.3 Å². The van der Waals surface area contributed by atoms with Gasteiger partial charge in [0.2, 0.25) is 0 Å². The van der Waals surface area contributed by atoms with Crippen LogP contribution in [0.2, 0.25) is 0 Å². The lowest BCUT2D eigenvalue weighted by Crippen LogP contribution is -2.20. The van der Waals surface area contributed by atoms with Crippen molar-refractivity contribution in [2.24, 2.45) is 0 Å². The second kappa shape index (κ2) is 8.00. The molecule has 8 heteroatoms. The molecule has 0 saturated carbocycles. The van der Waals surface area contributed by atoms with Gasteiger partial charge in [-0.2, -0.15) is 0 Å². The average Bonchev–Trinajstić information content (AvgIpc) is 3.09. The zero-order valence-corrected chi connectivity index (χ0v) is 15.2. The Bertz CT molecular complexity index is 899. The van der Waals surface area contributed by atoms with Crippen molar-refractivity contribution in [1.82, 2.24) is 9.97 Å². The minimum absolute atomic E-state index is 0.342. The Kier molecular flexibility index (Phi) is 5.52. The maximum atomic E-state index is 11.9. The smallest absolute Gasteiger partial charge is 0.338 e. The second-order valence-corrected chi connectivity index (χ2v) is 6.68. The molecule has 2 aromatic heterocycles. The van der Waals surface area contributed by atoms with Crippen LogP contribution < -0.4 is 5.32 Å². The molecule has 2 heterocycles. The molecule has 3 rings (SSSR count). The summed E-state index contributed by atoms with van der Waals surface area (Å²) in [4.78, 5) is 31.9. The quantitative estimate of drug-likeness (QED) is 0.639. The van der Waals surface area contributed by atoms with Crippen LogP contribution in [0.15, 0.2) is 58.6 Å². The third-order valence-corrected chi connectivity index (χ3v) is 4.37. The summed E-state index contributed by atoms with van der Waals surface area (Å²) < 4.78 is 5.91. The predicted molar refractivity (Wildman–Crippen MR) is 98.4 cm³/mol. The van der Waals surface area contributed by atoms with Crippen molar-refractivity contribution in [3.05, 3.63) is 64.2 Å². The number of rotatable bonds is 5. The van der Waals surface area contributed by atoms with Crippen molar-refractivity contribution in [3.8, 4) is 11.3 Å². The molecule has 1 N–H and O–H groups in total. The molecule has 0 spiro atoms. The molecule has 0 atom stereocenters. The summed E-state index contributed by atoms with van der Waals surface area (Å²) in [5, 5.41) is 4.91. The summed E-state index contributed by atoms with van der Waals surface area (Å²) in [6.07, 6.45) is 2.96. The van der Waals surface area contributed by atoms with Crippen molar-refractivity contribution in [1.29, 1.82) is 0 Å². The molecular formula is C17H12BrN3O3S. The van der Waals surface area contributed by atoms with E-state index < -0.39 is 11.9 Å². The highest BCUT2D eigenvalue weighted by molar-refractivity contribution is 9.10. The number of nitrogens with one attached hydrogen (secondary N) is 1. The van der Waals surface area contributed by atoms with Crippen molar-refractivity contribution >= 4 is 44.3 Å². The van der Waals surface area contributed by atoms with Gasteiger partial charge in [-0.1, -0.05) is 28.1 Å². The molecule has 0 saturated heterocycles. The Labute approximate surface area is 156 Å². The number of anilines is 1. The Morgan fingerprint density at radius 2 is 2.00 bits per heavy atom. The summed E-state index contributed by atoms with van der Waals surface area (Å²) in [6.45, 7) is -0.382. The SMILES string of the molecule is O=C(COC(=O)c1ccncc1)Nc1nc(-c2cccc(Br)c2)cs1. The van der Waals surface area contributed by atoms with E-state index in [1.165, 1.54) is 35.9 Å². The first-order valence-corrected chi connectivity index (χ1v) is 8.87. The normalized spacial score (nSPS) is 10.3. The standard InChI is InChI=1S/C17H12BrN3O3S/c18-13-3-1-2-12(8-13)14-10-25-17(20-14)21-15(22)9-24-16(23)11-4-6-19-7-5-11/h1-8,10H,9H2,(H,20,21,22). The maximum Gasteiger partial charge on any atom is 0.338 e. The largest absolute Gasteiger partial charge is 0.452 e. The zero-order chi connectivity index (χ0) is 17.6. The molecule has 1 aromatic carbocycles. The van der Waals surface area contributed by atoms with E-state index in [9.17, 15) is 9.59 Å². The number of halogens is 1. The van der Waals surface area contributed by atoms with E-state index in [0.29, 0.717) is 10.7 Å². The molecule has 3 aromatic rings. The van der Waals surface area contributed by atoms with E-state index in [1.807, 2.05) is 29.6 Å². The Morgan fingerprint density at radius 3 is 2.76 bits per heavy atom. The van der Waals surface area contributed by atoms with Crippen molar-refractivity contribution in [2.45, 2.75) is 0 Å². The van der Waals surface area contributed by atoms with Crippen LogP contribution in [0.1, 0.15) is 10.4 Å². The fraction of sp³-hybridized carbons (Fsp3) is 0.0588. The number of carbonyl (C=O) groups is 2. The Balaban J connectivity index is 1.56. The number of hydrogen-bond acceptors (Lipinski definition) is 6. The van der Waals surface area contributed by atoms with Crippen LogP contribution in [0.25, 0.3) is 11.3 Å². The highest BCUT2D eigenvalue weighted by Gasteiger charge is 2.12. The van der Waals surface area contributed by atoms with Crippen LogP contribution in [-0.2, 0) is 9.53 Å². The van der Waals surface area contributed by atoms with E-state index in [2.05, 4.69) is 31.2 Å². The molecule has 0 aliphatic rings. The molecule has 126 valence electrons. The molecule has 0 fully saturated rings. The first-order chi connectivity index (χ1) is 12.1. The summed E-state index contributed by atoms with van der Waals surface area (Å²) in [7, 11) is 0. The van der Waals surface area contributed by atoms with Crippen LogP contribution in [0.3, 0.4) is 0 Å². The second-order valence-electron chi connectivity index (χ2n) is 4.91. The van der Waals surface area contributed by atoms with Gasteiger partial charge in [0.25, 0.3) is 5.91 Å². The summed E-state index contributed by atoms with van der Waals surface area (Å²) in [5.74, 6) is -1.02. The van der Waals surface area contributed by atoms with Crippen molar-refractivity contribution in [2.75, 3.05) is 11.9 Å². The monoisotopic (exact) mass is 417 g/mol. The van der Waals surface area contributed by atoms with Gasteiger partial charge in [-0.25, -0.2) is 9.78 Å². The summed E-state index contributed by atoms with van der Waals surface area (Å²) >= 11 is 4.72. The molecule has 0 unspecified atom stereocenters. The molecule has 0 aliphatic carbocycles. The number of benzene rings is 1. The molecule has 0 radical (unpaired) electrons. The Morgan fingerprint density at radius 1 is 1.20 bits per heavy atom. The Hall–Kier alpha value is -2.58. The van der Waals surface area contributed by atoms with Crippen LogP contribution in [-0.4, -0.2) is 28.5 Å². The number of nitrogens with zero attached hydrogens (tertiary/aromatic N) is 2. The average molecular weight is 418 g/mol. The van der Waals surface area contributed by atoms with E-state index >= 15 is 0 Å². The molecular weight excluding hydrogens is 406 g/mol. The van der Waals surface area contributed by atoms with Gasteiger partial charge in [-0.15, -0.1) is 11.3 Å². The van der Waals surface area contributed by atoms with Gasteiger partial charge in [-0.3, -0.25) is 15.1 Å². The zero-order valence-electron chi connectivity index (χ0n) is 12.8. The summed E-state index contributed by atoms with van der Waals surface area (Å²) in [5.41, 5.74) is 2.04. The number of amides is 1. The van der Waals surface area contributed by atoms with E-state index in [1.54, 1.807) is 0 Å². The lowest BCUT2D eigenvalue weighted by molar-refractivity contribution is -0.119. The highest BCUT2D eigenvalue weighted by Crippen LogP contribution is 2.26. The third-order valence-electron chi connectivity index (χ3n) is 3.12. The first-order valence-electron chi connectivity index (χ1n) is 7.20. The van der Waals surface area contributed by atoms with Crippen LogP contribution in [0.5, 0.6) is 0 Å². The molecule has 0 bridgehead atoms. The van der Waals surface area contributed by atoms with Crippen molar-refractivity contribution < 1.29 is 14.3 Å². The molecule has 25 heavy (non-hydrogen) atoms. The van der Waals surface area contributed by atoms with Crippen LogP contribution in [0.4, 0.5) is 5.13 Å². The minimum atomic E-state index is -0.577. The topological polar surface area (TPSA) is 81.2 Å². The fourth-order valence-electron chi connectivity index (χ4n) is 1.97. The fourth-order valence-corrected chi connectivity index (χ4v) is 3.10. The molecule has 6 nitrogen and oxygen atoms in total. The van der Waals surface area contributed by atoms with Gasteiger partial charge in [-0.05, 0) is 24.3 Å². The van der Waals surface area contributed by atoms with Gasteiger partial charge >= 0.3 is 5.97 Å². The van der Waals surface area contributed by atoms with Crippen LogP contribution in [0, 0.1) is 0 Å². The lowest BCUT2D eigenvalue weighted by atomic mass is 10.2. The summed E-state index contributed by atoms with van der Waals surface area (Å²) in [6, 6.07) is 10.8. The number of thiazole rings is 1. The number of aromatic nitrogens is 2. The van der Waals surface area contributed by atoms with Crippen molar-refractivity contribution in [3.63, 3.8) is 0 Å². The molecule has 1 amide bonds. The van der Waals surface area contributed by atoms with Crippen LogP contribution >= 0.6 is 27.3 Å². The van der Waals surface area contributed by atoms with E-state index in [-0.39, 0.29) is 6.61 Å². The number of hydrogen-bond donors (Lipinski definition) is 1. The van der Waals surface area contributed by atoms with E-state index in [4.69, 9.17) is 4.74 Å². The highest BCUT2D eigenvalue weighted by atomic mass is 79.9. The number of ether oxygens (including phenoxy) is 1. The number of carbonyl (C=O) groups excluding carboxylic acids is 2. The molecule has 0 aliphatic heterocycles. The predicted octanol–water partition coefficient (Wildman–Crippen LogP) is 3.76. The number of pyridine rings is 1. The maximum absolute atomic E-state index is 11.9. The van der Waals surface area contributed by atoms with Gasteiger partial charge in [0.15, 0.2) is 11.7 Å². The van der Waals surface area contributed by atoms with Gasteiger partial charge in [0.1, 0.15) is 0 Å².